The maximum absolute atomic E-state index is 11.8. The van der Waals surface area contributed by atoms with Crippen LogP contribution in [0.5, 0.6) is 17.2 Å². The third-order valence-corrected chi connectivity index (χ3v) is 5.40. The maximum Gasteiger partial charge on any atom is 0.407 e. The second kappa shape index (κ2) is 11.4. The molecule has 0 fully saturated rings. The summed E-state index contributed by atoms with van der Waals surface area (Å²) < 4.78 is 22.3. The number of alkyl carbamates (subject to hydrolysis) is 1. The van der Waals surface area contributed by atoms with Crippen molar-refractivity contribution < 1.29 is 28.8 Å². The Morgan fingerprint density at radius 1 is 1.09 bits per heavy atom. The molecule has 9 heteroatoms. The van der Waals surface area contributed by atoms with Gasteiger partial charge >= 0.3 is 6.09 Å². The van der Waals surface area contributed by atoms with Gasteiger partial charge in [-0.2, -0.15) is 0 Å². The number of aromatic nitrogens is 1. The lowest BCUT2D eigenvalue weighted by Crippen LogP contribution is -2.33. The molecule has 1 aromatic heterocycles. The largest absolute Gasteiger partial charge is 0.504 e. The highest BCUT2D eigenvalue weighted by molar-refractivity contribution is 9.10. The lowest BCUT2D eigenvalue weighted by atomic mass is 10.1. The Balaban J connectivity index is 1.64. The average Bonchev–Trinajstić information content (AvgIpc) is 2.78. The van der Waals surface area contributed by atoms with Crippen LogP contribution in [-0.2, 0) is 22.5 Å². The average molecular weight is 533 g/mol. The molecule has 3 rings (SSSR count). The number of carbonyl (C=O) groups is 1. The lowest BCUT2D eigenvalue weighted by molar-refractivity contribution is 0.0506. The number of amides is 1. The van der Waals surface area contributed by atoms with E-state index in [0.29, 0.717) is 30.2 Å². The molecule has 1 amide bonds. The SMILES string of the molecule is COCOc1ccc2ccc(COc3cc(CCNC(=O)OC(C)(C)C)ccc3O)nc2c1Br. The third-order valence-electron chi connectivity index (χ3n) is 4.64. The molecule has 0 saturated carbocycles. The van der Waals surface area contributed by atoms with Gasteiger partial charge in [0.2, 0.25) is 0 Å². The number of pyridine rings is 1. The van der Waals surface area contributed by atoms with Gasteiger partial charge in [-0.1, -0.05) is 12.1 Å². The first-order valence-electron chi connectivity index (χ1n) is 10.8. The Bertz CT molecular complexity index is 1150. The number of halogens is 1. The summed E-state index contributed by atoms with van der Waals surface area (Å²) in [5, 5.41) is 13.9. The standard InChI is InChI=1S/C25H29BrN2O6/c1-25(2,3)34-24(30)27-12-11-16-5-9-19(29)21(13-16)32-14-18-8-6-17-7-10-20(33-15-31-4)22(26)23(17)28-18/h5-10,13,29H,11-12,14-15H2,1-4H3,(H,27,30). The Labute approximate surface area is 207 Å². The number of carbonyl (C=O) groups excluding carboxylic acids is 1. The number of fused-ring (bicyclic) bond motifs is 1. The van der Waals surface area contributed by atoms with E-state index in [1.54, 1.807) is 25.3 Å². The summed E-state index contributed by atoms with van der Waals surface area (Å²) in [6.07, 6.45) is 0.0912. The minimum absolute atomic E-state index is 0.0288. The number of phenolic OH excluding ortho intramolecular Hbond substituents is 1. The molecule has 0 saturated heterocycles. The van der Waals surface area contributed by atoms with Crippen molar-refractivity contribution in [2.24, 2.45) is 0 Å². The Morgan fingerprint density at radius 2 is 1.85 bits per heavy atom. The number of hydrogen-bond donors (Lipinski definition) is 2. The summed E-state index contributed by atoms with van der Waals surface area (Å²) in [6, 6.07) is 12.7. The number of nitrogens with zero attached hydrogens (tertiary/aromatic N) is 1. The van der Waals surface area contributed by atoms with E-state index in [0.717, 1.165) is 20.9 Å². The summed E-state index contributed by atoms with van der Waals surface area (Å²) in [6.45, 7) is 6.13. The van der Waals surface area contributed by atoms with Gasteiger partial charge in [0.05, 0.1) is 15.7 Å². The van der Waals surface area contributed by atoms with Gasteiger partial charge in [-0.15, -0.1) is 0 Å². The topological polar surface area (TPSA) is 99.1 Å². The number of phenols is 1. The molecule has 0 radical (unpaired) electrons. The van der Waals surface area contributed by atoms with Crippen LogP contribution in [-0.4, -0.2) is 42.2 Å². The molecular formula is C25H29BrN2O6. The molecule has 0 atom stereocenters. The molecule has 0 aliphatic carbocycles. The van der Waals surface area contributed by atoms with E-state index in [1.807, 2.05) is 45.0 Å². The summed E-state index contributed by atoms with van der Waals surface area (Å²) in [5.41, 5.74) is 1.78. The van der Waals surface area contributed by atoms with Gasteiger partial charge in [0.15, 0.2) is 18.3 Å². The van der Waals surface area contributed by atoms with Crippen molar-refractivity contribution in [3.8, 4) is 17.2 Å². The molecular weight excluding hydrogens is 504 g/mol. The summed E-state index contributed by atoms with van der Waals surface area (Å²) in [7, 11) is 1.56. The van der Waals surface area contributed by atoms with Crippen LogP contribution in [0.4, 0.5) is 4.79 Å². The zero-order chi connectivity index (χ0) is 24.7. The van der Waals surface area contributed by atoms with Gasteiger partial charge < -0.3 is 29.4 Å². The number of rotatable bonds is 9. The van der Waals surface area contributed by atoms with Crippen LogP contribution in [0.1, 0.15) is 32.0 Å². The van der Waals surface area contributed by atoms with E-state index in [9.17, 15) is 9.90 Å². The Kier molecular flexibility index (Phi) is 8.57. The number of benzene rings is 2. The summed E-state index contributed by atoms with van der Waals surface area (Å²) in [5.74, 6) is 0.999. The van der Waals surface area contributed by atoms with E-state index in [1.165, 1.54) is 0 Å². The molecule has 8 nitrogen and oxygen atoms in total. The van der Waals surface area contributed by atoms with E-state index in [4.69, 9.17) is 18.9 Å². The van der Waals surface area contributed by atoms with Gasteiger partial charge in [0, 0.05) is 19.0 Å². The van der Waals surface area contributed by atoms with Crippen molar-refractivity contribution >= 4 is 32.9 Å². The van der Waals surface area contributed by atoms with Gasteiger partial charge in [0.25, 0.3) is 0 Å². The van der Waals surface area contributed by atoms with Crippen LogP contribution in [0.15, 0.2) is 46.9 Å². The highest BCUT2D eigenvalue weighted by Crippen LogP contribution is 2.33. The quantitative estimate of drug-likeness (QED) is 0.359. The second-order valence-electron chi connectivity index (χ2n) is 8.57. The molecule has 0 unspecified atom stereocenters. The van der Waals surface area contributed by atoms with Crippen molar-refractivity contribution in [2.75, 3.05) is 20.4 Å². The van der Waals surface area contributed by atoms with Crippen molar-refractivity contribution in [1.82, 2.24) is 10.3 Å². The fraction of sp³-hybridized carbons (Fsp3) is 0.360. The summed E-state index contributed by atoms with van der Waals surface area (Å²) in [4.78, 5) is 16.5. The van der Waals surface area contributed by atoms with Crippen LogP contribution in [0.25, 0.3) is 10.9 Å². The predicted molar refractivity (Wildman–Crippen MR) is 132 cm³/mol. The number of hydrogen-bond acceptors (Lipinski definition) is 7. The van der Waals surface area contributed by atoms with Gasteiger partial charge in [-0.25, -0.2) is 9.78 Å². The minimum atomic E-state index is -0.547. The Morgan fingerprint density at radius 3 is 2.59 bits per heavy atom. The van der Waals surface area contributed by atoms with Crippen LogP contribution < -0.4 is 14.8 Å². The zero-order valence-corrected chi connectivity index (χ0v) is 21.3. The minimum Gasteiger partial charge on any atom is -0.504 e. The zero-order valence-electron chi connectivity index (χ0n) is 19.7. The first kappa shape index (κ1) is 25.6. The first-order valence-corrected chi connectivity index (χ1v) is 11.6. The second-order valence-corrected chi connectivity index (χ2v) is 9.37. The van der Waals surface area contributed by atoms with Crippen LogP contribution in [0.3, 0.4) is 0 Å². The van der Waals surface area contributed by atoms with Gasteiger partial charge in [-0.05, 0) is 79.0 Å². The normalized spacial score (nSPS) is 11.3. The molecule has 2 aromatic carbocycles. The van der Waals surface area contributed by atoms with Crippen molar-refractivity contribution in [1.29, 1.82) is 0 Å². The molecule has 1 heterocycles. The smallest absolute Gasteiger partial charge is 0.407 e. The molecule has 0 aliphatic rings. The lowest BCUT2D eigenvalue weighted by Gasteiger charge is -2.19. The molecule has 3 aromatic rings. The number of nitrogens with one attached hydrogen (secondary N) is 1. The van der Waals surface area contributed by atoms with Gasteiger partial charge in [0.1, 0.15) is 18.0 Å². The number of ether oxygens (including phenoxy) is 4. The Hall–Kier alpha value is -3.04. The van der Waals surface area contributed by atoms with E-state index >= 15 is 0 Å². The molecule has 182 valence electrons. The van der Waals surface area contributed by atoms with E-state index in [-0.39, 0.29) is 19.1 Å². The molecule has 0 bridgehead atoms. The summed E-state index contributed by atoms with van der Waals surface area (Å²) >= 11 is 3.55. The monoisotopic (exact) mass is 532 g/mol. The van der Waals surface area contributed by atoms with Crippen molar-refractivity contribution in [2.45, 2.75) is 39.4 Å². The molecule has 2 N–H and O–H groups in total. The highest BCUT2D eigenvalue weighted by atomic mass is 79.9. The van der Waals surface area contributed by atoms with E-state index < -0.39 is 11.7 Å². The van der Waals surface area contributed by atoms with E-state index in [2.05, 4.69) is 26.2 Å². The third kappa shape index (κ3) is 7.23. The van der Waals surface area contributed by atoms with Crippen LogP contribution in [0.2, 0.25) is 0 Å². The number of methoxy groups -OCH3 is 1. The van der Waals surface area contributed by atoms with Crippen LogP contribution in [0, 0.1) is 0 Å². The molecule has 0 spiro atoms. The first-order chi connectivity index (χ1) is 16.2. The highest BCUT2D eigenvalue weighted by Gasteiger charge is 2.16. The predicted octanol–water partition coefficient (Wildman–Crippen LogP) is 5.33. The maximum atomic E-state index is 11.8. The van der Waals surface area contributed by atoms with Crippen molar-refractivity contribution in [3.05, 3.63) is 58.2 Å². The molecule has 0 aliphatic heterocycles. The van der Waals surface area contributed by atoms with Crippen molar-refractivity contribution in [3.63, 3.8) is 0 Å². The van der Waals surface area contributed by atoms with Gasteiger partial charge in [-0.3, -0.25) is 0 Å². The number of aromatic hydroxyl groups is 1. The molecule has 34 heavy (non-hydrogen) atoms. The fourth-order valence-electron chi connectivity index (χ4n) is 3.09. The van der Waals surface area contributed by atoms with Crippen LogP contribution >= 0.6 is 15.9 Å². The fourth-order valence-corrected chi connectivity index (χ4v) is 3.66.